The van der Waals surface area contributed by atoms with Crippen molar-refractivity contribution in [3.8, 4) is 0 Å². The monoisotopic (exact) mass is 374 g/mol. The SMILES string of the molecule is O=C(CCSC1CCc2ccccc2NC1=O)Nc1ccccc1Cl. The fourth-order valence-corrected chi connectivity index (χ4v) is 3.98. The van der Waals surface area contributed by atoms with Crippen LogP contribution in [0.1, 0.15) is 18.4 Å². The first-order valence-electron chi connectivity index (χ1n) is 8.18. The van der Waals surface area contributed by atoms with Crippen LogP contribution in [-0.4, -0.2) is 22.8 Å². The van der Waals surface area contributed by atoms with Crippen molar-refractivity contribution in [1.29, 1.82) is 0 Å². The Labute approximate surface area is 156 Å². The van der Waals surface area contributed by atoms with Gasteiger partial charge in [-0.05, 0) is 36.6 Å². The largest absolute Gasteiger partial charge is 0.325 e. The van der Waals surface area contributed by atoms with Gasteiger partial charge < -0.3 is 10.6 Å². The number of rotatable bonds is 5. The second-order valence-electron chi connectivity index (χ2n) is 5.82. The minimum Gasteiger partial charge on any atom is -0.325 e. The smallest absolute Gasteiger partial charge is 0.237 e. The number of aryl methyl sites for hydroxylation is 1. The van der Waals surface area contributed by atoms with Gasteiger partial charge in [-0.25, -0.2) is 0 Å². The molecule has 0 bridgehead atoms. The van der Waals surface area contributed by atoms with Gasteiger partial charge in [0.15, 0.2) is 0 Å². The molecule has 0 saturated heterocycles. The Morgan fingerprint density at radius 3 is 2.80 bits per heavy atom. The number of carbonyl (C=O) groups excluding carboxylic acids is 2. The number of anilines is 2. The third kappa shape index (κ3) is 4.77. The zero-order chi connectivity index (χ0) is 17.6. The highest BCUT2D eigenvalue weighted by Gasteiger charge is 2.23. The summed E-state index contributed by atoms with van der Waals surface area (Å²) in [6, 6.07) is 15.0. The molecule has 0 spiro atoms. The molecular formula is C19H19ClN2O2S. The van der Waals surface area contributed by atoms with Gasteiger partial charge in [-0.1, -0.05) is 41.9 Å². The molecule has 0 saturated carbocycles. The number of carbonyl (C=O) groups is 2. The molecule has 130 valence electrons. The third-order valence-corrected chi connectivity index (χ3v) is 5.66. The summed E-state index contributed by atoms with van der Waals surface area (Å²) in [5, 5.41) is 6.16. The Balaban J connectivity index is 1.48. The van der Waals surface area contributed by atoms with Crippen LogP contribution in [-0.2, 0) is 16.0 Å². The summed E-state index contributed by atoms with van der Waals surface area (Å²) in [4.78, 5) is 24.4. The van der Waals surface area contributed by atoms with E-state index in [0.29, 0.717) is 22.9 Å². The predicted octanol–water partition coefficient (Wildman–Crippen LogP) is 4.36. The quantitative estimate of drug-likeness (QED) is 0.817. The van der Waals surface area contributed by atoms with Gasteiger partial charge in [0.25, 0.3) is 0 Å². The van der Waals surface area contributed by atoms with E-state index in [4.69, 9.17) is 11.6 Å². The highest BCUT2D eigenvalue weighted by Crippen LogP contribution is 2.27. The van der Waals surface area contributed by atoms with Crippen LogP contribution in [0.2, 0.25) is 5.02 Å². The first-order chi connectivity index (χ1) is 12.1. The third-order valence-electron chi connectivity index (χ3n) is 4.04. The minimum absolute atomic E-state index is 0.0152. The van der Waals surface area contributed by atoms with Crippen molar-refractivity contribution < 1.29 is 9.59 Å². The lowest BCUT2D eigenvalue weighted by Crippen LogP contribution is -2.24. The van der Waals surface area contributed by atoms with E-state index < -0.39 is 0 Å². The first-order valence-corrected chi connectivity index (χ1v) is 9.61. The lowest BCUT2D eigenvalue weighted by atomic mass is 10.1. The van der Waals surface area contributed by atoms with Crippen molar-refractivity contribution in [3.63, 3.8) is 0 Å². The predicted molar refractivity (Wildman–Crippen MR) is 104 cm³/mol. The average molecular weight is 375 g/mol. The van der Waals surface area contributed by atoms with Gasteiger partial charge in [-0.2, -0.15) is 0 Å². The van der Waals surface area contributed by atoms with Crippen LogP contribution in [0.5, 0.6) is 0 Å². The fraction of sp³-hybridized carbons (Fsp3) is 0.263. The molecule has 3 rings (SSSR count). The molecule has 4 nitrogen and oxygen atoms in total. The topological polar surface area (TPSA) is 58.2 Å². The number of hydrogen-bond donors (Lipinski definition) is 2. The van der Waals surface area contributed by atoms with Gasteiger partial charge in [0.2, 0.25) is 11.8 Å². The normalized spacial score (nSPS) is 16.5. The maximum absolute atomic E-state index is 12.3. The zero-order valence-electron chi connectivity index (χ0n) is 13.6. The molecule has 0 fully saturated rings. The van der Waals surface area contributed by atoms with E-state index in [-0.39, 0.29) is 17.1 Å². The molecule has 0 aliphatic carbocycles. The standard InChI is InChI=1S/C19H19ClN2O2S/c20-14-6-2-4-8-16(14)21-18(23)11-12-25-17-10-9-13-5-1-3-7-15(13)22-19(17)24/h1-8,17H,9-12H2,(H,21,23)(H,22,24). The van der Waals surface area contributed by atoms with E-state index in [1.54, 1.807) is 12.1 Å². The molecule has 0 radical (unpaired) electrons. The van der Waals surface area contributed by atoms with Gasteiger partial charge in [0.05, 0.1) is 16.0 Å². The van der Waals surface area contributed by atoms with E-state index in [9.17, 15) is 9.59 Å². The molecule has 1 heterocycles. The van der Waals surface area contributed by atoms with Crippen molar-refractivity contribution in [2.45, 2.75) is 24.5 Å². The van der Waals surface area contributed by atoms with Crippen LogP contribution >= 0.6 is 23.4 Å². The Bertz CT molecular complexity index is 782. The van der Waals surface area contributed by atoms with Crippen molar-refractivity contribution in [3.05, 3.63) is 59.1 Å². The number of para-hydroxylation sites is 2. The second-order valence-corrected chi connectivity index (χ2v) is 7.54. The van der Waals surface area contributed by atoms with Gasteiger partial charge >= 0.3 is 0 Å². The molecule has 2 N–H and O–H groups in total. The first kappa shape index (κ1) is 17.8. The van der Waals surface area contributed by atoms with Gasteiger partial charge in [0.1, 0.15) is 0 Å². The molecule has 1 aliphatic heterocycles. The number of halogens is 1. The van der Waals surface area contributed by atoms with E-state index in [1.807, 2.05) is 36.4 Å². The molecule has 6 heteroatoms. The summed E-state index contributed by atoms with van der Waals surface area (Å²) >= 11 is 7.56. The van der Waals surface area contributed by atoms with Crippen LogP contribution < -0.4 is 10.6 Å². The van der Waals surface area contributed by atoms with Crippen molar-refractivity contribution in [2.75, 3.05) is 16.4 Å². The summed E-state index contributed by atoms with van der Waals surface area (Å²) < 4.78 is 0. The van der Waals surface area contributed by atoms with Crippen LogP contribution in [0.25, 0.3) is 0 Å². The molecule has 2 aromatic rings. The second kappa shape index (κ2) is 8.41. The molecule has 2 amide bonds. The molecule has 1 unspecified atom stereocenters. The number of fused-ring (bicyclic) bond motifs is 1. The molecule has 0 aromatic heterocycles. The molecule has 25 heavy (non-hydrogen) atoms. The van der Waals surface area contributed by atoms with E-state index in [2.05, 4.69) is 10.6 Å². The van der Waals surface area contributed by atoms with E-state index >= 15 is 0 Å². The van der Waals surface area contributed by atoms with Crippen LogP contribution in [0.15, 0.2) is 48.5 Å². The van der Waals surface area contributed by atoms with Crippen LogP contribution in [0.3, 0.4) is 0 Å². The van der Waals surface area contributed by atoms with Crippen LogP contribution in [0.4, 0.5) is 11.4 Å². The molecule has 1 aliphatic rings. The molecule has 1 atom stereocenters. The Morgan fingerprint density at radius 1 is 1.20 bits per heavy atom. The van der Waals surface area contributed by atoms with Crippen molar-refractivity contribution in [2.24, 2.45) is 0 Å². The average Bonchev–Trinajstić information content (AvgIpc) is 2.76. The van der Waals surface area contributed by atoms with Crippen LogP contribution in [0, 0.1) is 0 Å². The van der Waals surface area contributed by atoms with Crippen molar-refractivity contribution >= 4 is 46.6 Å². The molecule has 2 aromatic carbocycles. The lowest BCUT2D eigenvalue weighted by molar-refractivity contribution is -0.116. The van der Waals surface area contributed by atoms with Crippen molar-refractivity contribution in [1.82, 2.24) is 0 Å². The summed E-state index contributed by atoms with van der Waals surface area (Å²) in [5.74, 6) is 0.504. The molecular weight excluding hydrogens is 356 g/mol. The lowest BCUT2D eigenvalue weighted by Gasteiger charge is -2.13. The maximum atomic E-state index is 12.3. The fourth-order valence-electron chi connectivity index (χ4n) is 2.72. The Hall–Kier alpha value is -1.98. The summed E-state index contributed by atoms with van der Waals surface area (Å²) in [5.41, 5.74) is 2.67. The number of nitrogens with one attached hydrogen (secondary N) is 2. The number of benzene rings is 2. The van der Waals surface area contributed by atoms with Gasteiger partial charge in [-0.3, -0.25) is 9.59 Å². The van der Waals surface area contributed by atoms with Gasteiger partial charge in [0, 0.05) is 17.9 Å². The minimum atomic E-state index is -0.138. The number of thioether (sulfide) groups is 1. The van der Waals surface area contributed by atoms with E-state index in [1.165, 1.54) is 11.8 Å². The zero-order valence-corrected chi connectivity index (χ0v) is 15.2. The Kier molecular flexibility index (Phi) is 6.00. The maximum Gasteiger partial charge on any atom is 0.237 e. The number of hydrogen-bond acceptors (Lipinski definition) is 3. The summed E-state index contributed by atoms with van der Waals surface area (Å²) in [6.07, 6.45) is 1.98. The highest BCUT2D eigenvalue weighted by molar-refractivity contribution is 8.00. The van der Waals surface area contributed by atoms with E-state index in [0.717, 1.165) is 24.1 Å². The van der Waals surface area contributed by atoms with Gasteiger partial charge in [-0.15, -0.1) is 11.8 Å². The summed E-state index contributed by atoms with van der Waals surface area (Å²) in [7, 11) is 0. The Morgan fingerprint density at radius 2 is 1.96 bits per heavy atom. The summed E-state index contributed by atoms with van der Waals surface area (Å²) in [6.45, 7) is 0. The highest BCUT2D eigenvalue weighted by atomic mass is 35.5. The number of amides is 2.